The molecule has 106 valence electrons. The molecule has 0 unspecified atom stereocenters. The lowest BCUT2D eigenvalue weighted by molar-refractivity contribution is -0.138. The van der Waals surface area contributed by atoms with Crippen LogP contribution in [0.4, 0.5) is 17.6 Å². The zero-order valence-electron chi connectivity index (χ0n) is 10.9. The Balaban J connectivity index is 2.15. The van der Waals surface area contributed by atoms with Gasteiger partial charge in [-0.1, -0.05) is 6.07 Å². The topological polar surface area (TPSA) is 12.0 Å². The summed E-state index contributed by atoms with van der Waals surface area (Å²) in [7, 11) is 0. The minimum atomic E-state index is -4.52. The molecular weight excluding hydrogens is 258 g/mol. The normalized spacial score (nSPS) is 16.7. The van der Waals surface area contributed by atoms with Crippen LogP contribution in [0.3, 0.4) is 0 Å². The van der Waals surface area contributed by atoms with Crippen molar-refractivity contribution in [2.75, 3.05) is 0 Å². The minimum absolute atomic E-state index is 0.0858. The van der Waals surface area contributed by atoms with Gasteiger partial charge >= 0.3 is 6.18 Å². The molecule has 0 aromatic heterocycles. The Kier molecular flexibility index (Phi) is 3.60. The molecule has 1 aliphatic rings. The first kappa shape index (κ1) is 14.3. The number of halogens is 4. The molecule has 1 aliphatic carbocycles. The van der Waals surface area contributed by atoms with Crippen molar-refractivity contribution in [3.8, 4) is 0 Å². The molecule has 2 rings (SSSR count). The summed E-state index contributed by atoms with van der Waals surface area (Å²) in [4.78, 5) is 0. The molecule has 0 bridgehead atoms. The third-order valence-electron chi connectivity index (χ3n) is 3.71. The predicted octanol–water partition coefficient (Wildman–Crippen LogP) is 4.12. The van der Waals surface area contributed by atoms with Gasteiger partial charge in [0.05, 0.1) is 5.56 Å². The Labute approximate surface area is 110 Å². The SMILES string of the molecule is CC(C)(NCc1ccc(F)cc1C(F)(F)F)C1CC1. The van der Waals surface area contributed by atoms with Crippen molar-refractivity contribution >= 4 is 0 Å². The molecule has 19 heavy (non-hydrogen) atoms. The number of hydrogen-bond acceptors (Lipinski definition) is 1. The summed E-state index contributed by atoms with van der Waals surface area (Å²) in [5, 5.41) is 3.15. The molecule has 0 heterocycles. The first-order valence-corrected chi connectivity index (χ1v) is 6.31. The van der Waals surface area contributed by atoms with Crippen LogP contribution in [0.1, 0.15) is 37.8 Å². The molecule has 5 heteroatoms. The van der Waals surface area contributed by atoms with E-state index in [0.717, 1.165) is 18.9 Å². The van der Waals surface area contributed by atoms with E-state index in [1.54, 1.807) is 0 Å². The number of nitrogens with one attached hydrogen (secondary N) is 1. The van der Waals surface area contributed by atoms with Crippen LogP contribution in [-0.2, 0) is 12.7 Å². The Morgan fingerprint density at radius 2 is 1.84 bits per heavy atom. The summed E-state index contributed by atoms with van der Waals surface area (Å²) in [6.07, 6.45) is -2.31. The van der Waals surface area contributed by atoms with E-state index in [9.17, 15) is 17.6 Å². The molecular formula is C14H17F4N. The average Bonchev–Trinajstić information content (AvgIpc) is 3.10. The van der Waals surface area contributed by atoms with Gasteiger partial charge in [0.1, 0.15) is 5.82 Å². The molecule has 0 radical (unpaired) electrons. The zero-order valence-corrected chi connectivity index (χ0v) is 10.9. The van der Waals surface area contributed by atoms with Crippen molar-refractivity contribution < 1.29 is 17.6 Å². The van der Waals surface area contributed by atoms with Gasteiger partial charge in [0.25, 0.3) is 0 Å². The monoisotopic (exact) mass is 275 g/mol. The van der Waals surface area contributed by atoms with Crippen LogP contribution in [0.2, 0.25) is 0 Å². The lowest BCUT2D eigenvalue weighted by Gasteiger charge is -2.27. The smallest absolute Gasteiger partial charge is 0.307 e. The largest absolute Gasteiger partial charge is 0.416 e. The second kappa shape index (κ2) is 4.78. The Morgan fingerprint density at radius 3 is 2.37 bits per heavy atom. The first-order chi connectivity index (χ1) is 8.70. The second-order valence-electron chi connectivity index (χ2n) is 5.65. The highest BCUT2D eigenvalue weighted by molar-refractivity contribution is 5.30. The molecule has 1 N–H and O–H groups in total. The summed E-state index contributed by atoms with van der Waals surface area (Å²) >= 11 is 0. The fourth-order valence-corrected chi connectivity index (χ4v) is 2.24. The highest BCUT2D eigenvalue weighted by Gasteiger charge is 2.38. The molecule has 0 aliphatic heterocycles. The maximum absolute atomic E-state index is 13.0. The number of benzene rings is 1. The fraction of sp³-hybridized carbons (Fsp3) is 0.571. The van der Waals surface area contributed by atoms with E-state index in [0.29, 0.717) is 12.0 Å². The molecule has 1 aromatic carbocycles. The molecule has 1 saturated carbocycles. The van der Waals surface area contributed by atoms with Crippen LogP contribution in [0.25, 0.3) is 0 Å². The predicted molar refractivity (Wildman–Crippen MR) is 65.0 cm³/mol. The molecule has 0 amide bonds. The Hall–Kier alpha value is -1.10. The second-order valence-corrected chi connectivity index (χ2v) is 5.65. The van der Waals surface area contributed by atoms with E-state index >= 15 is 0 Å². The summed E-state index contributed by atoms with van der Waals surface area (Å²) in [5.41, 5.74) is -0.994. The molecule has 0 spiro atoms. The molecule has 1 nitrogen and oxygen atoms in total. The van der Waals surface area contributed by atoms with E-state index in [1.165, 1.54) is 6.07 Å². The quantitative estimate of drug-likeness (QED) is 0.815. The van der Waals surface area contributed by atoms with Gasteiger partial charge in [0.15, 0.2) is 0 Å². The van der Waals surface area contributed by atoms with E-state index in [4.69, 9.17) is 0 Å². The third kappa shape index (κ3) is 3.47. The van der Waals surface area contributed by atoms with Crippen LogP contribution in [0.15, 0.2) is 18.2 Å². The van der Waals surface area contributed by atoms with Crippen LogP contribution in [-0.4, -0.2) is 5.54 Å². The van der Waals surface area contributed by atoms with Crippen molar-refractivity contribution in [3.63, 3.8) is 0 Å². The lowest BCUT2D eigenvalue weighted by atomic mass is 9.97. The molecule has 1 aromatic rings. The molecule has 0 atom stereocenters. The zero-order chi connectivity index (χ0) is 14.3. The first-order valence-electron chi connectivity index (χ1n) is 6.31. The highest BCUT2D eigenvalue weighted by atomic mass is 19.4. The van der Waals surface area contributed by atoms with Gasteiger partial charge in [-0.25, -0.2) is 4.39 Å². The van der Waals surface area contributed by atoms with Crippen LogP contribution in [0, 0.1) is 11.7 Å². The van der Waals surface area contributed by atoms with Crippen LogP contribution in [0.5, 0.6) is 0 Å². The Morgan fingerprint density at radius 1 is 1.21 bits per heavy atom. The van der Waals surface area contributed by atoms with E-state index in [2.05, 4.69) is 5.32 Å². The van der Waals surface area contributed by atoms with Crippen LogP contribution >= 0.6 is 0 Å². The highest BCUT2D eigenvalue weighted by Crippen LogP contribution is 2.39. The molecule has 1 fully saturated rings. The number of rotatable bonds is 4. The van der Waals surface area contributed by atoms with Gasteiger partial charge in [-0.2, -0.15) is 13.2 Å². The summed E-state index contributed by atoms with van der Waals surface area (Å²) in [5.74, 6) is -0.347. The van der Waals surface area contributed by atoms with Crippen molar-refractivity contribution in [1.29, 1.82) is 0 Å². The summed E-state index contributed by atoms with van der Waals surface area (Å²) < 4.78 is 51.4. The van der Waals surface area contributed by atoms with Gasteiger partial charge < -0.3 is 5.32 Å². The number of hydrogen-bond donors (Lipinski definition) is 1. The lowest BCUT2D eigenvalue weighted by Crippen LogP contribution is -2.41. The van der Waals surface area contributed by atoms with Gasteiger partial charge in [-0.15, -0.1) is 0 Å². The van der Waals surface area contributed by atoms with Crippen LogP contribution < -0.4 is 5.32 Å². The summed E-state index contributed by atoms with van der Waals surface area (Å²) in [6.45, 7) is 4.07. The van der Waals surface area contributed by atoms with E-state index in [1.807, 2.05) is 13.8 Å². The van der Waals surface area contributed by atoms with E-state index in [-0.39, 0.29) is 17.6 Å². The van der Waals surface area contributed by atoms with Crippen molar-refractivity contribution in [3.05, 3.63) is 35.1 Å². The maximum atomic E-state index is 13.0. The van der Waals surface area contributed by atoms with E-state index < -0.39 is 17.6 Å². The molecule has 0 saturated heterocycles. The average molecular weight is 275 g/mol. The van der Waals surface area contributed by atoms with Crippen molar-refractivity contribution in [2.24, 2.45) is 5.92 Å². The Bertz CT molecular complexity index is 461. The van der Waals surface area contributed by atoms with Gasteiger partial charge in [0, 0.05) is 12.1 Å². The maximum Gasteiger partial charge on any atom is 0.416 e. The fourth-order valence-electron chi connectivity index (χ4n) is 2.24. The van der Waals surface area contributed by atoms with Gasteiger partial charge in [0.2, 0.25) is 0 Å². The minimum Gasteiger partial charge on any atom is -0.307 e. The van der Waals surface area contributed by atoms with Crippen molar-refractivity contribution in [1.82, 2.24) is 5.32 Å². The summed E-state index contributed by atoms with van der Waals surface area (Å²) in [6, 6.07) is 2.83. The van der Waals surface area contributed by atoms with Gasteiger partial charge in [-0.3, -0.25) is 0 Å². The standard InChI is InChI=1S/C14H17F4N/c1-13(2,10-4-5-10)19-8-9-3-6-11(15)7-12(9)14(16,17)18/h3,6-7,10,19H,4-5,8H2,1-2H3. The van der Waals surface area contributed by atoms with Crippen molar-refractivity contribution in [2.45, 2.75) is 44.9 Å². The number of alkyl halides is 3. The van der Waals surface area contributed by atoms with Gasteiger partial charge in [-0.05, 0) is 50.3 Å². The third-order valence-corrected chi connectivity index (χ3v) is 3.71.